The molecule has 1 aromatic carbocycles. The molecular formula is C10H7Cl2NO5S. The summed E-state index contributed by atoms with van der Waals surface area (Å²) in [6.07, 6.45) is 1.61. The number of carbonyl (C=O) groups is 1. The highest BCUT2D eigenvalue weighted by molar-refractivity contribution is 7.61. The van der Waals surface area contributed by atoms with Crippen molar-refractivity contribution in [1.82, 2.24) is 0 Å². The van der Waals surface area contributed by atoms with E-state index in [2.05, 4.69) is 4.36 Å². The van der Waals surface area contributed by atoms with E-state index in [1.54, 1.807) is 18.4 Å². The van der Waals surface area contributed by atoms with Gasteiger partial charge in [0.1, 0.15) is 5.58 Å². The Morgan fingerprint density at radius 3 is 2.47 bits per heavy atom. The molecular weight excluding hydrogens is 317 g/mol. The SMILES string of the molecule is Clc1cc2ccoc2cc1Cl.O=C(O)CN=S(=O)=O. The van der Waals surface area contributed by atoms with E-state index in [0.29, 0.717) is 10.0 Å². The van der Waals surface area contributed by atoms with Crippen molar-refractivity contribution in [3.8, 4) is 0 Å². The molecule has 0 atom stereocenters. The molecule has 1 aromatic heterocycles. The number of rotatable bonds is 2. The summed E-state index contributed by atoms with van der Waals surface area (Å²) in [6, 6.07) is 5.33. The smallest absolute Gasteiger partial charge is 0.326 e. The maximum absolute atomic E-state index is 9.54. The van der Waals surface area contributed by atoms with Crippen LogP contribution in [0.2, 0.25) is 10.0 Å². The van der Waals surface area contributed by atoms with Gasteiger partial charge >= 0.3 is 16.5 Å². The van der Waals surface area contributed by atoms with Gasteiger partial charge in [0.25, 0.3) is 0 Å². The number of benzene rings is 1. The van der Waals surface area contributed by atoms with Crippen LogP contribution in [-0.2, 0) is 15.3 Å². The van der Waals surface area contributed by atoms with Gasteiger partial charge in [-0.25, -0.2) is 0 Å². The molecule has 0 saturated carbocycles. The molecule has 102 valence electrons. The molecule has 1 N–H and O–H groups in total. The molecule has 2 rings (SSSR count). The van der Waals surface area contributed by atoms with E-state index in [1.807, 2.05) is 6.07 Å². The first kappa shape index (κ1) is 15.5. The Kier molecular flexibility index (Phi) is 5.81. The van der Waals surface area contributed by atoms with E-state index in [4.69, 9.17) is 32.7 Å². The summed E-state index contributed by atoms with van der Waals surface area (Å²) in [5.41, 5.74) is 0.763. The van der Waals surface area contributed by atoms with E-state index < -0.39 is 23.0 Å². The second-order valence-electron chi connectivity index (χ2n) is 3.12. The largest absolute Gasteiger partial charge is 0.480 e. The van der Waals surface area contributed by atoms with E-state index in [0.717, 1.165) is 11.0 Å². The quantitative estimate of drug-likeness (QED) is 0.916. The van der Waals surface area contributed by atoms with Crippen molar-refractivity contribution in [2.75, 3.05) is 6.54 Å². The van der Waals surface area contributed by atoms with Gasteiger partial charge in [-0.2, -0.15) is 12.8 Å². The Morgan fingerprint density at radius 1 is 1.32 bits per heavy atom. The summed E-state index contributed by atoms with van der Waals surface area (Å²) in [6.45, 7) is -0.684. The molecule has 1 heterocycles. The van der Waals surface area contributed by atoms with Gasteiger partial charge < -0.3 is 9.52 Å². The van der Waals surface area contributed by atoms with Gasteiger partial charge in [0.2, 0.25) is 0 Å². The summed E-state index contributed by atoms with van der Waals surface area (Å²) in [5, 5.41) is 9.85. The fraction of sp³-hybridized carbons (Fsp3) is 0.100. The van der Waals surface area contributed by atoms with Crippen LogP contribution in [0, 0.1) is 0 Å². The van der Waals surface area contributed by atoms with Gasteiger partial charge in [-0.05, 0) is 12.1 Å². The topological polar surface area (TPSA) is 96.9 Å². The highest BCUT2D eigenvalue weighted by atomic mass is 35.5. The molecule has 0 fully saturated rings. The monoisotopic (exact) mass is 323 g/mol. The van der Waals surface area contributed by atoms with E-state index in [9.17, 15) is 13.2 Å². The lowest BCUT2D eigenvalue weighted by atomic mass is 10.3. The predicted octanol–water partition coefficient (Wildman–Crippen LogP) is 2.87. The number of carboxylic acids is 1. The fourth-order valence-corrected chi connectivity index (χ4v) is 1.61. The van der Waals surface area contributed by atoms with Crippen LogP contribution in [0.5, 0.6) is 0 Å². The number of aliphatic carboxylic acids is 1. The standard InChI is InChI=1S/C8H4Cl2O.C2H3NO4S/c9-6-3-5-1-2-11-8(5)4-7(6)10;4-2(5)1-3-8(6)7/h1-4H;1H2,(H,4,5). The molecule has 9 heteroatoms. The van der Waals surface area contributed by atoms with Crippen LogP contribution >= 0.6 is 23.2 Å². The van der Waals surface area contributed by atoms with Gasteiger partial charge in [-0.3, -0.25) is 4.79 Å². The molecule has 0 unspecified atom stereocenters. The first-order valence-corrected chi connectivity index (χ1v) is 6.50. The number of nitrogens with zero attached hydrogens (tertiary/aromatic N) is 1. The molecule has 0 aliphatic carbocycles. The zero-order chi connectivity index (χ0) is 14.4. The maximum Gasteiger partial charge on any atom is 0.326 e. The minimum absolute atomic E-state index is 0.522. The number of carboxylic acid groups (broad SMARTS) is 1. The summed E-state index contributed by atoms with van der Waals surface area (Å²) in [7, 11) is -2.59. The third kappa shape index (κ3) is 5.29. The zero-order valence-electron chi connectivity index (χ0n) is 9.21. The normalized spacial score (nSPS) is 9.58. The van der Waals surface area contributed by atoms with Gasteiger partial charge in [0.15, 0.2) is 6.54 Å². The van der Waals surface area contributed by atoms with Crippen molar-refractivity contribution in [3.05, 3.63) is 34.5 Å². The van der Waals surface area contributed by atoms with Gasteiger partial charge in [-0.15, -0.1) is 0 Å². The maximum atomic E-state index is 9.54. The van der Waals surface area contributed by atoms with E-state index >= 15 is 0 Å². The number of halogens is 2. The van der Waals surface area contributed by atoms with Crippen molar-refractivity contribution in [1.29, 1.82) is 0 Å². The lowest BCUT2D eigenvalue weighted by Crippen LogP contribution is -1.97. The van der Waals surface area contributed by atoms with Crippen molar-refractivity contribution < 1.29 is 22.7 Å². The Bertz CT molecular complexity index is 679. The number of furan rings is 1. The molecule has 0 saturated heterocycles. The molecule has 2 aromatic rings. The molecule has 6 nitrogen and oxygen atoms in total. The van der Waals surface area contributed by atoms with Crippen molar-refractivity contribution in [3.63, 3.8) is 0 Å². The second kappa shape index (κ2) is 7.13. The lowest BCUT2D eigenvalue weighted by molar-refractivity contribution is -0.135. The van der Waals surface area contributed by atoms with E-state index in [-0.39, 0.29) is 0 Å². The molecule has 0 aliphatic rings. The summed E-state index contributed by atoms with van der Waals surface area (Å²) in [4.78, 5) is 9.54. The Hall–Kier alpha value is -1.57. The summed E-state index contributed by atoms with van der Waals surface area (Å²) < 4.78 is 26.7. The van der Waals surface area contributed by atoms with Crippen LogP contribution in [0.4, 0.5) is 0 Å². The Morgan fingerprint density at radius 2 is 1.95 bits per heavy atom. The molecule has 0 bridgehead atoms. The van der Waals surface area contributed by atoms with Crippen LogP contribution < -0.4 is 0 Å². The first-order valence-electron chi connectivity index (χ1n) is 4.71. The van der Waals surface area contributed by atoms with Crippen LogP contribution in [0.1, 0.15) is 0 Å². The van der Waals surface area contributed by atoms with Crippen LogP contribution in [0.15, 0.2) is 33.2 Å². The fourth-order valence-electron chi connectivity index (χ4n) is 1.06. The highest BCUT2D eigenvalue weighted by Crippen LogP contribution is 2.27. The average Bonchev–Trinajstić information content (AvgIpc) is 2.75. The van der Waals surface area contributed by atoms with Crippen LogP contribution in [-0.4, -0.2) is 26.0 Å². The molecule has 19 heavy (non-hydrogen) atoms. The van der Waals surface area contributed by atoms with Crippen molar-refractivity contribution in [2.24, 2.45) is 4.36 Å². The van der Waals surface area contributed by atoms with Gasteiger partial charge in [0, 0.05) is 11.5 Å². The number of hydrogen-bond donors (Lipinski definition) is 1. The summed E-state index contributed by atoms with van der Waals surface area (Å²) in [5.74, 6) is -1.26. The van der Waals surface area contributed by atoms with Gasteiger partial charge in [-0.1, -0.05) is 23.2 Å². The van der Waals surface area contributed by atoms with Crippen molar-refractivity contribution >= 4 is 50.6 Å². The highest BCUT2D eigenvalue weighted by Gasteiger charge is 2.01. The Balaban J connectivity index is 0.000000203. The van der Waals surface area contributed by atoms with Gasteiger partial charge in [0.05, 0.1) is 16.3 Å². The zero-order valence-corrected chi connectivity index (χ0v) is 11.5. The van der Waals surface area contributed by atoms with E-state index in [1.165, 1.54) is 0 Å². The minimum atomic E-state index is -2.59. The Labute approximate surface area is 119 Å². The molecule has 0 spiro atoms. The lowest BCUT2D eigenvalue weighted by Gasteiger charge is -1.93. The van der Waals surface area contributed by atoms with Crippen molar-refractivity contribution in [2.45, 2.75) is 0 Å². The summed E-state index contributed by atoms with van der Waals surface area (Å²) >= 11 is 11.5. The second-order valence-corrected chi connectivity index (χ2v) is 4.63. The average molecular weight is 324 g/mol. The number of hydrogen-bond acceptors (Lipinski definition) is 5. The number of fused-ring (bicyclic) bond motifs is 1. The minimum Gasteiger partial charge on any atom is -0.480 e. The van der Waals surface area contributed by atoms with Crippen LogP contribution in [0.3, 0.4) is 0 Å². The molecule has 0 amide bonds. The third-order valence-electron chi connectivity index (χ3n) is 1.80. The first-order chi connectivity index (χ1) is 8.90. The molecule has 0 aliphatic heterocycles. The predicted molar refractivity (Wildman–Crippen MR) is 70.1 cm³/mol. The third-order valence-corrected chi connectivity index (χ3v) is 2.86. The molecule has 0 radical (unpaired) electrons. The van der Waals surface area contributed by atoms with Crippen LogP contribution in [0.25, 0.3) is 11.0 Å².